The van der Waals surface area contributed by atoms with E-state index in [1.54, 1.807) is 26.0 Å². The second kappa shape index (κ2) is 9.15. The Hall–Kier alpha value is -2.79. The van der Waals surface area contributed by atoms with Crippen LogP contribution >= 0.6 is 0 Å². The molecule has 1 aromatic heterocycles. The van der Waals surface area contributed by atoms with E-state index in [1.165, 1.54) is 25.6 Å². The monoisotopic (exact) mass is 453 g/mol. The molecule has 0 saturated carbocycles. The zero-order chi connectivity index (χ0) is 22.8. The summed E-state index contributed by atoms with van der Waals surface area (Å²) < 4.78 is 48.5. The average Bonchev–Trinajstić information content (AvgIpc) is 3.11. The molecule has 2 heterocycles. The summed E-state index contributed by atoms with van der Waals surface area (Å²) in [6.07, 6.45) is 1.14. The zero-order valence-electron chi connectivity index (χ0n) is 18.2. The third-order valence-electron chi connectivity index (χ3n) is 5.25. The van der Waals surface area contributed by atoms with Crippen LogP contribution in [0.4, 0.5) is 5.69 Å². The van der Waals surface area contributed by atoms with Gasteiger partial charge >= 0.3 is 0 Å². The van der Waals surface area contributed by atoms with Crippen LogP contribution in [-0.4, -0.2) is 58.2 Å². The van der Waals surface area contributed by atoms with Crippen LogP contribution in [0.5, 0.6) is 17.2 Å². The smallest absolute Gasteiger partial charge is 0.248 e. The molecule has 1 aliphatic rings. The number of hydrogen-bond donors (Lipinski definition) is 1. The molecule has 1 fully saturated rings. The fourth-order valence-corrected chi connectivity index (χ4v) is 5.56. The molecular weight excluding hydrogens is 426 g/mol. The van der Waals surface area contributed by atoms with E-state index in [1.807, 2.05) is 0 Å². The standard InChI is InChI=1S/C20H27N3O7S/c1-12-19(13(2)30-22-12)31(25,26)23-8-6-7-14(11-23)20(24)21-15-9-16(27-3)18(29-5)17(10-15)28-4/h9-10,14H,6-8,11H2,1-5H3,(H,21,24). The van der Waals surface area contributed by atoms with Crippen LogP contribution < -0.4 is 19.5 Å². The second-order valence-electron chi connectivity index (χ2n) is 7.26. The quantitative estimate of drug-likeness (QED) is 0.678. The third-order valence-corrected chi connectivity index (χ3v) is 7.36. The van der Waals surface area contributed by atoms with E-state index in [4.69, 9.17) is 18.7 Å². The van der Waals surface area contributed by atoms with Gasteiger partial charge in [0.15, 0.2) is 17.3 Å². The molecule has 10 nitrogen and oxygen atoms in total. The molecule has 1 amide bonds. The molecule has 2 aromatic rings. The van der Waals surface area contributed by atoms with Crippen molar-refractivity contribution in [3.8, 4) is 17.2 Å². The first kappa shape index (κ1) is 22.9. The SMILES string of the molecule is COc1cc(NC(=O)C2CCCN(S(=O)(=O)c3c(C)noc3C)C2)cc(OC)c1OC. The molecule has 1 N–H and O–H groups in total. The van der Waals surface area contributed by atoms with Gasteiger partial charge < -0.3 is 24.1 Å². The van der Waals surface area contributed by atoms with Crippen LogP contribution in [0.3, 0.4) is 0 Å². The Morgan fingerprint density at radius 3 is 2.32 bits per heavy atom. The second-order valence-corrected chi connectivity index (χ2v) is 9.13. The summed E-state index contributed by atoms with van der Waals surface area (Å²) in [5.41, 5.74) is 0.770. The Kier molecular flexibility index (Phi) is 6.75. The first-order chi connectivity index (χ1) is 14.7. The highest BCUT2D eigenvalue weighted by atomic mass is 32.2. The maximum atomic E-state index is 13.1. The van der Waals surface area contributed by atoms with Gasteiger partial charge in [-0.05, 0) is 26.7 Å². The van der Waals surface area contributed by atoms with E-state index < -0.39 is 15.9 Å². The highest BCUT2D eigenvalue weighted by Crippen LogP contribution is 2.40. The Morgan fingerprint density at radius 1 is 1.16 bits per heavy atom. The predicted octanol–water partition coefficient (Wildman–Crippen LogP) is 2.36. The topological polar surface area (TPSA) is 120 Å². The normalized spacial score (nSPS) is 17.3. The number of carbonyl (C=O) groups is 1. The molecule has 170 valence electrons. The van der Waals surface area contributed by atoms with Gasteiger partial charge in [0.05, 0.1) is 27.2 Å². The molecule has 31 heavy (non-hydrogen) atoms. The summed E-state index contributed by atoms with van der Waals surface area (Å²) in [6.45, 7) is 3.55. The summed E-state index contributed by atoms with van der Waals surface area (Å²) in [6, 6.07) is 3.25. The fourth-order valence-electron chi connectivity index (χ4n) is 3.74. The Labute approximate surface area is 181 Å². The van der Waals surface area contributed by atoms with Crippen LogP contribution in [0.2, 0.25) is 0 Å². The van der Waals surface area contributed by atoms with Crippen molar-refractivity contribution >= 4 is 21.6 Å². The van der Waals surface area contributed by atoms with Crippen molar-refractivity contribution in [2.45, 2.75) is 31.6 Å². The number of piperidine rings is 1. The zero-order valence-corrected chi connectivity index (χ0v) is 19.0. The van der Waals surface area contributed by atoms with Crippen molar-refractivity contribution in [3.63, 3.8) is 0 Å². The number of amides is 1. The maximum absolute atomic E-state index is 13.1. The van der Waals surface area contributed by atoms with Crippen LogP contribution in [0.1, 0.15) is 24.3 Å². The number of carbonyl (C=O) groups excluding carboxylic acids is 1. The Bertz CT molecular complexity index is 1020. The fraction of sp³-hybridized carbons (Fsp3) is 0.500. The van der Waals surface area contributed by atoms with Crippen molar-refractivity contribution in [2.24, 2.45) is 5.92 Å². The number of hydrogen-bond acceptors (Lipinski definition) is 8. The van der Waals surface area contributed by atoms with Crippen LogP contribution in [0, 0.1) is 19.8 Å². The highest BCUT2D eigenvalue weighted by molar-refractivity contribution is 7.89. The lowest BCUT2D eigenvalue weighted by Gasteiger charge is -2.31. The number of nitrogens with one attached hydrogen (secondary N) is 1. The van der Waals surface area contributed by atoms with Gasteiger partial charge in [-0.15, -0.1) is 0 Å². The Balaban J connectivity index is 1.79. The predicted molar refractivity (Wildman–Crippen MR) is 112 cm³/mol. The first-order valence-corrected chi connectivity index (χ1v) is 11.2. The molecular formula is C20H27N3O7S. The molecule has 1 aliphatic heterocycles. The van der Waals surface area contributed by atoms with E-state index >= 15 is 0 Å². The van der Waals surface area contributed by atoms with Gasteiger partial charge in [0.25, 0.3) is 0 Å². The molecule has 1 saturated heterocycles. The van der Waals surface area contributed by atoms with Gasteiger partial charge in [0.2, 0.25) is 21.7 Å². The number of ether oxygens (including phenoxy) is 3. The third kappa shape index (κ3) is 4.47. The summed E-state index contributed by atoms with van der Waals surface area (Å²) in [5, 5.41) is 6.57. The lowest BCUT2D eigenvalue weighted by molar-refractivity contribution is -0.120. The van der Waals surface area contributed by atoms with E-state index in [-0.39, 0.29) is 23.1 Å². The minimum absolute atomic E-state index is 0.0678. The van der Waals surface area contributed by atoms with Gasteiger partial charge in [-0.1, -0.05) is 5.16 Å². The number of aromatic nitrogens is 1. The molecule has 0 aliphatic carbocycles. The van der Waals surface area contributed by atoms with Crippen LogP contribution in [0.25, 0.3) is 0 Å². The maximum Gasteiger partial charge on any atom is 0.248 e. The van der Waals surface area contributed by atoms with E-state index in [0.29, 0.717) is 48.0 Å². The molecule has 3 rings (SSSR count). The summed E-state index contributed by atoms with van der Waals surface area (Å²) in [5.74, 6) is 0.668. The summed E-state index contributed by atoms with van der Waals surface area (Å²) in [4.78, 5) is 13.0. The molecule has 0 spiro atoms. The van der Waals surface area contributed by atoms with Gasteiger partial charge in [-0.2, -0.15) is 4.31 Å². The molecule has 0 radical (unpaired) electrons. The van der Waals surface area contributed by atoms with Crippen molar-refractivity contribution < 1.29 is 31.9 Å². The van der Waals surface area contributed by atoms with E-state index in [2.05, 4.69) is 10.5 Å². The van der Waals surface area contributed by atoms with Gasteiger partial charge in [-0.25, -0.2) is 8.42 Å². The van der Waals surface area contributed by atoms with Gasteiger partial charge in [0.1, 0.15) is 10.6 Å². The molecule has 11 heteroatoms. The number of sulfonamides is 1. The number of methoxy groups -OCH3 is 3. The summed E-state index contributed by atoms with van der Waals surface area (Å²) >= 11 is 0. The lowest BCUT2D eigenvalue weighted by Crippen LogP contribution is -2.43. The van der Waals surface area contributed by atoms with Crippen LogP contribution in [0.15, 0.2) is 21.6 Å². The van der Waals surface area contributed by atoms with E-state index in [9.17, 15) is 13.2 Å². The van der Waals surface area contributed by atoms with Crippen LogP contribution in [-0.2, 0) is 14.8 Å². The molecule has 0 bridgehead atoms. The number of rotatable bonds is 7. The number of aryl methyl sites for hydroxylation is 2. The molecule has 1 unspecified atom stereocenters. The van der Waals surface area contributed by atoms with Crippen molar-refractivity contribution in [3.05, 3.63) is 23.6 Å². The first-order valence-electron chi connectivity index (χ1n) is 9.76. The van der Waals surface area contributed by atoms with Gasteiger partial charge in [0, 0.05) is 30.9 Å². The number of nitrogens with zero attached hydrogens (tertiary/aromatic N) is 2. The highest BCUT2D eigenvalue weighted by Gasteiger charge is 2.36. The molecule has 1 atom stereocenters. The minimum atomic E-state index is -3.81. The van der Waals surface area contributed by atoms with Crippen molar-refractivity contribution in [1.29, 1.82) is 0 Å². The number of anilines is 1. The summed E-state index contributed by atoms with van der Waals surface area (Å²) in [7, 11) is 0.661. The largest absolute Gasteiger partial charge is 0.493 e. The van der Waals surface area contributed by atoms with Crippen molar-refractivity contribution in [1.82, 2.24) is 9.46 Å². The average molecular weight is 454 g/mol. The molecule has 1 aromatic carbocycles. The van der Waals surface area contributed by atoms with Gasteiger partial charge in [-0.3, -0.25) is 4.79 Å². The lowest BCUT2D eigenvalue weighted by atomic mass is 9.98. The number of benzene rings is 1. The Morgan fingerprint density at radius 2 is 1.81 bits per heavy atom. The minimum Gasteiger partial charge on any atom is -0.493 e. The van der Waals surface area contributed by atoms with Crippen molar-refractivity contribution in [2.75, 3.05) is 39.7 Å². The van der Waals surface area contributed by atoms with E-state index in [0.717, 1.165) is 0 Å².